The van der Waals surface area contributed by atoms with E-state index in [4.69, 9.17) is 20.4 Å². The van der Waals surface area contributed by atoms with Gasteiger partial charge in [-0.25, -0.2) is 0 Å². The van der Waals surface area contributed by atoms with Crippen LogP contribution < -0.4 is 11.1 Å². The fraction of sp³-hybridized carbons (Fsp3) is 0.923. The molecule has 0 spiro atoms. The minimum atomic E-state index is -0.250. The molecule has 1 atom stereocenters. The molecule has 0 aromatic heterocycles. The Labute approximate surface area is 116 Å². The molecule has 0 fully saturated rings. The van der Waals surface area contributed by atoms with Gasteiger partial charge in [0.1, 0.15) is 5.84 Å². The summed E-state index contributed by atoms with van der Waals surface area (Å²) in [6, 6.07) is 0. The van der Waals surface area contributed by atoms with Crippen LogP contribution in [0.2, 0.25) is 0 Å². The summed E-state index contributed by atoms with van der Waals surface area (Å²) in [5, 5.41) is 15.1. The first kappa shape index (κ1) is 18.1. The third-order valence-electron chi connectivity index (χ3n) is 3.26. The van der Waals surface area contributed by atoms with Gasteiger partial charge in [-0.2, -0.15) is 0 Å². The van der Waals surface area contributed by atoms with Crippen molar-refractivity contribution in [2.24, 2.45) is 16.3 Å². The second-order valence-electron chi connectivity index (χ2n) is 5.34. The molecule has 0 bridgehead atoms. The minimum Gasteiger partial charge on any atom is -0.409 e. The molecule has 19 heavy (non-hydrogen) atoms. The summed E-state index contributed by atoms with van der Waals surface area (Å²) >= 11 is 0. The summed E-state index contributed by atoms with van der Waals surface area (Å²) in [5.41, 5.74) is 5.39. The molecule has 6 nitrogen and oxygen atoms in total. The number of rotatable bonds is 11. The average Bonchev–Trinajstić information content (AvgIpc) is 2.40. The molecule has 0 rings (SSSR count). The molecule has 0 saturated carbocycles. The molecule has 0 aliphatic carbocycles. The zero-order chi connectivity index (χ0) is 14.7. The van der Waals surface area contributed by atoms with Crippen molar-refractivity contribution < 1.29 is 14.7 Å². The molecule has 0 saturated heterocycles. The van der Waals surface area contributed by atoms with Crippen molar-refractivity contribution in [2.75, 3.05) is 33.9 Å². The van der Waals surface area contributed by atoms with E-state index >= 15 is 0 Å². The molecule has 0 radical (unpaired) electrons. The molecule has 6 heteroatoms. The van der Waals surface area contributed by atoms with E-state index in [1.807, 2.05) is 13.8 Å². The normalized spacial score (nSPS) is 14.6. The fourth-order valence-electron chi connectivity index (χ4n) is 1.74. The van der Waals surface area contributed by atoms with Crippen molar-refractivity contribution in [2.45, 2.75) is 39.2 Å². The Kier molecular flexibility index (Phi) is 9.55. The van der Waals surface area contributed by atoms with Crippen LogP contribution in [0.3, 0.4) is 0 Å². The summed E-state index contributed by atoms with van der Waals surface area (Å²) in [4.78, 5) is 0. The molecule has 0 heterocycles. The van der Waals surface area contributed by atoms with Crippen LogP contribution in [0.4, 0.5) is 0 Å². The van der Waals surface area contributed by atoms with Gasteiger partial charge < -0.3 is 25.7 Å². The first-order valence-electron chi connectivity index (χ1n) is 6.68. The molecular formula is C13H29N3O3. The van der Waals surface area contributed by atoms with Gasteiger partial charge in [0.05, 0.1) is 12.7 Å². The Morgan fingerprint density at radius 1 is 1.37 bits per heavy atom. The number of nitrogens with two attached hydrogens (primary N) is 1. The van der Waals surface area contributed by atoms with E-state index in [1.54, 1.807) is 14.2 Å². The van der Waals surface area contributed by atoms with Gasteiger partial charge in [0.2, 0.25) is 0 Å². The molecule has 0 amide bonds. The van der Waals surface area contributed by atoms with Crippen LogP contribution >= 0.6 is 0 Å². The van der Waals surface area contributed by atoms with Crippen LogP contribution in [0.1, 0.15) is 33.1 Å². The van der Waals surface area contributed by atoms with Gasteiger partial charge in [0, 0.05) is 26.2 Å². The quantitative estimate of drug-likeness (QED) is 0.173. The Morgan fingerprint density at radius 3 is 2.58 bits per heavy atom. The SMILES string of the molecule is COCC(CNCCCCC(C)(C)C(N)=NO)OC. The lowest BCUT2D eigenvalue weighted by Gasteiger charge is -2.22. The predicted molar refractivity (Wildman–Crippen MR) is 76.6 cm³/mol. The van der Waals surface area contributed by atoms with Gasteiger partial charge in [0.25, 0.3) is 0 Å². The maximum Gasteiger partial charge on any atom is 0.144 e. The van der Waals surface area contributed by atoms with Crippen molar-refractivity contribution >= 4 is 5.84 Å². The smallest absolute Gasteiger partial charge is 0.144 e. The highest BCUT2D eigenvalue weighted by Gasteiger charge is 2.22. The van der Waals surface area contributed by atoms with E-state index < -0.39 is 0 Å². The van der Waals surface area contributed by atoms with Crippen LogP contribution in [0, 0.1) is 5.41 Å². The summed E-state index contributed by atoms with van der Waals surface area (Å²) in [6.45, 7) is 6.27. The second kappa shape index (κ2) is 10.00. The summed E-state index contributed by atoms with van der Waals surface area (Å²) in [6.07, 6.45) is 3.07. The molecule has 4 N–H and O–H groups in total. The number of nitrogens with zero attached hydrogens (tertiary/aromatic N) is 1. The number of nitrogens with one attached hydrogen (secondary N) is 1. The van der Waals surface area contributed by atoms with Crippen LogP contribution in [0.25, 0.3) is 0 Å². The summed E-state index contributed by atoms with van der Waals surface area (Å²) in [5.74, 6) is 0.292. The number of amidine groups is 1. The van der Waals surface area contributed by atoms with Crippen molar-refractivity contribution in [1.29, 1.82) is 0 Å². The molecule has 0 aromatic rings. The largest absolute Gasteiger partial charge is 0.409 e. The Morgan fingerprint density at radius 2 is 2.05 bits per heavy atom. The maximum absolute atomic E-state index is 8.67. The number of hydrogen-bond acceptors (Lipinski definition) is 5. The monoisotopic (exact) mass is 275 g/mol. The van der Waals surface area contributed by atoms with Gasteiger partial charge in [-0.05, 0) is 19.4 Å². The molecule has 114 valence electrons. The standard InChI is InChI=1S/C13H29N3O3/c1-13(2,12(14)16-17)7-5-6-8-15-9-11(19-4)10-18-3/h11,15,17H,5-10H2,1-4H3,(H2,14,16). The zero-order valence-corrected chi connectivity index (χ0v) is 12.6. The topological polar surface area (TPSA) is 89.1 Å². The average molecular weight is 275 g/mol. The first-order chi connectivity index (χ1) is 8.97. The lowest BCUT2D eigenvalue weighted by atomic mass is 9.86. The maximum atomic E-state index is 8.67. The fourth-order valence-corrected chi connectivity index (χ4v) is 1.74. The lowest BCUT2D eigenvalue weighted by molar-refractivity contribution is 0.0290. The van der Waals surface area contributed by atoms with Gasteiger partial charge >= 0.3 is 0 Å². The van der Waals surface area contributed by atoms with Crippen LogP contribution in [0.15, 0.2) is 5.16 Å². The third kappa shape index (κ3) is 8.02. The lowest BCUT2D eigenvalue weighted by Crippen LogP contribution is -2.33. The van der Waals surface area contributed by atoms with E-state index in [0.717, 1.165) is 32.4 Å². The molecule has 0 aliphatic heterocycles. The van der Waals surface area contributed by atoms with E-state index in [0.29, 0.717) is 12.4 Å². The molecular weight excluding hydrogens is 246 g/mol. The van der Waals surface area contributed by atoms with Crippen molar-refractivity contribution in [3.8, 4) is 0 Å². The number of ether oxygens (including phenoxy) is 2. The number of oxime groups is 1. The summed E-state index contributed by atoms with van der Waals surface area (Å²) < 4.78 is 10.3. The predicted octanol–water partition coefficient (Wildman–Crippen LogP) is 1.18. The van der Waals surface area contributed by atoms with E-state index in [2.05, 4.69) is 10.5 Å². The molecule has 0 aliphatic rings. The van der Waals surface area contributed by atoms with Gasteiger partial charge in [-0.15, -0.1) is 0 Å². The van der Waals surface area contributed by atoms with Crippen LogP contribution in [-0.2, 0) is 9.47 Å². The Balaban J connectivity index is 3.65. The highest BCUT2D eigenvalue weighted by atomic mass is 16.5. The van der Waals surface area contributed by atoms with Gasteiger partial charge in [-0.1, -0.05) is 25.4 Å². The van der Waals surface area contributed by atoms with Crippen LogP contribution in [-0.4, -0.2) is 51.1 Å². The third-order valence-corrected chi connectivity index (χ3v) is 3.26. The number of hydrogen-bond donors (Lipinski definition) is 3. The van der Waals surface area contributed by atoms with E-state index in [1.165, 1.54) is 0 Å². The van der Waals surface area contributed by atoms with Gasteiger partial charge in [0.15, 0.2) is 0 Å². The van der Waals surface area contributed by atoms with Gasteiger partial charge in [-0.3, -0.25) is 0 Å². The highest BCUT2D eigenvalue weighted by molar-refractivity contribution is 5.85. The first-order valence-corrected chi connectivity index (χ1v) is 6.68. The second-order valence-corrected chi connectivity index (χ2v) is 5.34. The van der Waals surface area contributed by atoms with E-state index in [9.17, 15) is 0 Å². The van der Waals surface area contributed by atoms with Crippen LogP contribution in [0.5, 0.6) is 0 Å². The number of unbranched alkanes of at least 4 members (excludes halogenated alkanes) is 1. The Bertz CT molecular complexity index is 258. The van der Waals surface area contributed by atoms with Crippen molar-refractivity contribution in [1.82, 2.24) is 5.32 Å². The molecule has 0 aromatic carbocycles. The summed E-state index contributed by atoms with van der Waals surface area (Å²) in [7, 11) is 3.35. The Hall–Kier alpha value is -0.850. The number of methoxy groups -OCH3 is 2. The molecule has 1 unspecified atom stereocenters. The van der Waals surface area contributed by atoms with Crippen molar-refractivity contribution in [3.05, 3.63) is 0 Å². The van der Waals surface area contributed by atoms with E-state index in [-0.39, 0.29) is 11.5 Å². The minimum absolute atomic E-state index is 0.0959. The highest BCUT2D eigenvalue weighted by Crippen LogP contribution is 2.22. The van der Waals surface area contributed by atoms with Crippen molar-refractivity contribution in [3.63, 3.8) is 0 Å². The zero-order valence-electron chi connectivity index (χ0n) is 12.6.